The minimum Gasteiger partial charge on any atom is -0.506 e. The van der Waals surface area contributed by atoms with Gasteiger partial charge in [0.2, 0.25) is 0 Å². The lowest BCUT2D eigenvalue weighted by Crippen LogP contribution is -2.60. The van der Waals surface area contributed by atoms with Gasteiger partial charge in [-0.3, -0.25) is 0 Å². The number of hydrogen-bond donors (Lipinski definition) is 7. The summed E-state index contributed by atoms with van der Waals surface area (Å²) in [6, 6.07) is 0. The van der Waals surface area contributed by atoms with E-state index >= 15 is 0 Å². The second-order valence-electron chi connectivity index (χ2n) is 5.49. The molecule has 0 saturated carbocycles. The summed E-state index contributed by atoms with van der Waals surface area (Å²) >= 11 is 0. The van der Waals surface area contributed by atoms with Gasteiger partial charge in [-0.25, -0.2) is 0 Å². The van der Waals surface area contributed by atoms with Gasteiger partial charge in [0.15, 0.2) is 17.8 Å². The molecule has 7 atom stereocenters. The van der Waals surface area contributed by atoms with Gasteiger partial charge in [0.1, 0.15) is 36.6 Å². The first-order chi connectivity index (χ1) is 11.3. The van der Waals surface area contributed by atoms with Gasteiger partial charge in [0.05, 0.1) is 6.61 Å². The Morgan fingerprint density at radius 1 is 1.12 bits per heavy atom. The van der Waals surface area contributed by atoms with Gasteiger partial charge in [0, 0.05) is 20.1 Å². The number of rotatable bonds is 8. The van der Waals surface area contributed by atoms with Crippen LogP contribution in [-0.2, 0) is 14.2 Å². The van der Waals surface area contributed by atoms with Crippen LogP contribution in [0.3, 0.4) is 0 Å². The molecule has 1 saturated heterocycles. The summed E-state index contributed by atoms with van der Waals surface area (Å²) in [6.07, 6.45) is -9.32. The summed E-state index contributed by atoms with van der Waals surface area (Å²) in [7, 11) is 1.28. The molecule has 0 radical (unpaired) electrons. The van der Waals surface area contributed by atoms with Crippen LogP contribution in [0.15, 0.2) is 11.5 Å². The van der Waals surface area contributed by atoms with Gasteiger partial charge in [0.25, 0.3) is 0 Å². The monoisotopic (exact) mass is 354 g/mol. The van der Waals surface area contributed by atoms with Crippen molar-refractivity contribution in [2.75, 3.05) is 20.3 Å². The fourth-order valence-electron chi connectivity index (χ4n) is 2.38. The van der Waals surface area contributed by atoms with Crippen molar-refractivity contribution in [3.8, 4) is 0 Å². The van der Waals surface area contributed by atoms with Gasteiger partial charge >= 0.3 is 0 Å². The molecule has 10 nitrogen and oxygen atoms in total. The second kappa shape index (κ2) is 9.49. The van der Waals surface area contributed by atoms with E-state index in [1.807, 2.05) is 0 Å². The molecular formula is C14H26O10. The zero-order valence-corrected chi connectivity index (χ0v) is 13.5. The lowest BCUT2D eigenvalue weighted by Gasteiger charge is -2.42. The van der Waals surface area contributed by atoms with Crippen molar-refractivity contribution in [3.63, 3.8) is 0 Å². The summed E-state index contributed by atoms with van der Waals surface area (Å²) in [4.78, 5) is 0. The zero-order chi connectivity index (χ0) is 18.4. The molecule has 0 bridgehead atoms. The molecule has 10 heteroatoms. The first-order valence-corrected chi connectivity index (χ1v) is 7.50. The Kier molecular flexibility index (Phi) is 8.33. The minimum atomic E-state index is -1.57. The van der Waals surface area contributed by atoms with Crippen LogP contribution in [-0.4, -0.2) is 99.0 Å². The predicted molar refractivity (Wildman–Crippen MR) is 79.1 cm³/mol. The van der Waals surface area contributed by atoms with Crippen LogP contribution in [0.1, 0.15) is 13.3 Å². The maximum Gasteiger partial charge on any atom is 0.187 e. The third-order valence-corrected chi connectivity index (χ3v) is 3.75. The van der Waals surface area contributed by atoms with Gasteiger partial charge in [-0.15, -0.1) is 0 Å². The molecule has 0 spiro atoms. The van der Waals surface area contributed by atoms with Crippen LogP contribution in [0.5, 0.6) is 0 Å². The van der Waals surface area contributed by atoms with Crippen molar-refractivity contribution < 1.29 is 50.0 Å². The van der Waals surface area contributed by atoms with E-state index < -0.39 is 67.6 Å². The number of methoxy groups -OCH3 is 1. The van der Waals surface area contributed by atoms with E-state index in [0.717, 1.165) is 0 Å². The predicted octanol–water partition coefficient (Wildman–Crippen LogP) is -2.08. The average molecular weight is 354 g/mol. The van der Waals surface area contributed by atoms with E-state index in [9.17, 15) is 30.6 Å². The number of aliphatic hydroxyl groups excluding tert-OH is 7. The lowest BCUT2D eigenvalue weighted by atomic mass is 9.99. The molecule has 1 aliphatic rings. The summed E-state index contributed by atoms with van der Waals surface area (Å²) in [5.74, 6) is -1.49. The molecule has 7 N–H and O–H groups in total. The van der Waals surface area contributed by atoms with Crippen LogP contribution in [0.4, 0.5) is 0 Å². The Labute approximate surface area is 139 Å². The lowest BCUT2D eigenvalue weighted by molar-refractivity contribution is -0.313. The highest BCUT2D eigenvalue weighted by molar-refractivity contribution is 5.08. The van der Waals surface area contributed by atoms with Crippen molar-refractivity contribution in [2.45, 2.75) is 56.3 Å². The summed E-state index contributed by atoms with van der Waals surface area (Å²) in [5.41, 5.74) is 0. The van der Waals surface area contributed by atoms with Crippen LogP contribution in [0.25, 0.3) is 0 Å². The first kappa shape index (κ1) is 21.1. The third kappa shape index (κ3) is 4.77. The normalized spacial score (nSPS) is 34.5. The van der Waals surface area contributed by atoms with Crippen molar-refractivity contribution in [2.24, 2.45) is 0 Å². The van der Waals surface area contributed by atoms with Crippen molar-refractivity contribution in [1.82, 2.24) is 0 Å². The quantitative estimate of drug-likeness (QED) is 0.240. The maximum atomic E-state index is 10.1. The van der Waals surface area contributed by atoms with E-state index in [2.05, 4.69) is 0 Å². The largest absolute Gasteiger partial charge is 0.506 e. The molecule has 0 amide bonds. The topological polar surface area (TPSA) is 169 Å². The second-order valence-corrected chi connectivity index (χ2v) is 5.49. The van der Waals surface area contributed by atoms with Crippen LogP contribution in [0.2, 0.25) is 0 Å². The van der Waals surface area contributed by atoms with Crippen LogP contribution in [0, 0.1) is 0 Å². The standard InChI is InChI=1S/C14H26O10/c1-6(17)9(18)10(19)7(3-4-15)23-14-12(21)11(20)13(22-2)8(5-16)24-14/h6-8,11-21H,3-5H2,1-2H3/b10-9-. The van der Waals surface area contributed by atoms with E-state index in [0.29, 0.717) is 0 Å². The zero-order valence-electron chi connectivity index (χ0n) is 13.5. The molecule has 1 rings (SSSR count). The van der Waals surface area contributed by atoms with E-state index in [-0.39, 0.29) is 6.42 Å². The first-order valence-electron chi connectivity index (χ1n) is 7.50. The Morgan fingerprint density at radius 3 is 2.21 bits per heavy atom. The van der Waals surface area contributed by atoms with E-state index in [4.69, 9.17) is 19.3 Å². The molecule has 0 aliphatic carbocycles. The SMILES string of the molecule is COC1C(CO)OC(OC(CCO)/C(O)=C(/O)C(C)O)C(O)C1O. The van der Waals surface area contributed by atoms with Gasteiger partial charge in [-0.05, 0) is 6.92 Å². The van der Waals surface area contributed by atoms with Crippen molar-refractivity contribution >= 4 is 0 Å². The van der Waals surface area contributed by atoms with E-state index in [1.54, 1.807) is 0 Å². The fraction of sp³-hybridized carbons (Fsp3) is 0.857. The van der Waals surface area contributed by atoms with Gasteiger partial charge in [-0.1, -0.05) is 0 Å². The van der Waals surface area contributed by atoms with Crippen LogP contribution >= 0.6 is 0 Å². The number of hydrogen-bond acceptors (Lipinski definition) is 10. The highest BCUT2D eigenvalue weighted by Gasteiger charge is 2.46. The number of aliphatic hydroxyl groups is 7. The molecule has 1 fully saturated rings. The Hall–Kier alpha value is -0.980. The van der Waals surface area contributed by atoms with Crippen molar-refractivity contribution in [1.29, 1.82) is 0 Å². The van der Waals surface area contributed by atoms with E-state index in [1.165, 1.54) is 14.0 Å². The molecular weight excluding hydrogens is 328 g/mol. The average Bonchev–Trinajstić information content (AvgIpc) is 2.56. The van der Waals surface area contributed by atoms with Crippen molar-refractivity contribution in [3.05, 3.63) is 11.5 Å². The third-order valence-electron chi connectivity index (χ3n) is 3.75. The molecule has 142 valence electrons. The molecule has 0 aromatic carbocycles. The Morgan fingerprint density at radius 2 is 1.75 bits per heavy atom. The molecule has 1 heterocycles. The van der Waals surface area contributed by atoms with Crippen LogP contribution < -0.4 is 0 Å². The maximum absolute atomic E-state index is 10.1. The molecule has 7 unspecified atom stereocenters. The summed E-state index contributed by atoms with van der Waals surface area (Å²) in [5, 5.41) is 67.3. The molecule has 0 aromatic heterocycles. The van der Waals surface area contributed by atoms with Gasteiger partial charge in [-0.2, -0.15) is 0 Å². The molecule has 1 aliphatic heterocycles. The molecule has 24 heavy (non-hydrogen) atoms. The molecule has 0 aromatic rings. The Bertz CT molecular complexity index is 410. The van der Waals surface area contributed by atoms with Gasteiger partial charge < -0.3 is 50.0 Å². The fourth-order valence-corrected chi connectivity index (χ4v) is 2.38. The summed E-state index contributed by atoms with van der Waals surface area (Å²) < 4.78 is 15.6. The Balaban J connectivity index is 2.95. The highest BCUT2D eigenvalue weighted by atomic mass is 16.7. The number of ether oxygens (including phenoxy) is 3. The highest BCUT2D eigenvalue weighted by Crippen LogP contribution is 2.27. The minimum absolute atomic E-state index is 0.178. The summed E-state index contributed by atoms with van der Waals surface area (Å²) in [6.45, 7) is 0.257. The smallest absolute Gasteiger partial charge is 0.187 e.